The van der Waals surface area contributed by atoms with Gasteiger partial charge in [0.05, 0.1) is 17.1 Å². The number of thiocarbonyl (C=S) groups is 1. The molecule has 0 aliphatic carbocycles. The first-order chi connectivity index (χ1) is 15.8. The molecule has 1 amide bonds. The first kappa shape index (κ1) is 25.1. The van der Waals surface area contributed by atoms with Crippen LogP contribution < -0.4 is 15.4 Å². The maximum Gasteiger partial charge on any atom is 0.261 e. The Morgan fingerprint density at radius 1 is 1.03 bits per heavy atom. The first-order valence-corrected chi connectivity index (χ1v) is 12.3. The SMILES string of the molecule is COCCOc1ccccc1C(=O)NC(=S)Nc1ccc(S(=O)(=O)N2CCN(C)CC2)cc1. The third-order valence-corrected chi connectivity index (χ3v) is 7.23. The number of carbonyl (C=O) groups excluding carboxylic acids is 1. The van der Waals surface area contributed by atoms with E-state index in [2.05, 4.69) is 15.5 Å². The van der Waals surface area contributed by atoms with Crippen LogP contribution in [0.2, 0.25) is 0 Å². The van der Waals surface area contributed by atoms with Crippen LogP contribution in [0.5, 0.6) is 5.75 Å². The number of para-hydroxylation sites is 1. The predicted molar refractivity (Wildman–Crippen MR) is 130 cm³/mol. The van der Waals surface area contributed by atoms with Gasteiger partial charge >= 0.3 is 0 Å². The zero-order chi connectivity index (χ0) is 23.8. The van der Waals surface area contributed by atoms with Crippen LogP contribution in [0.1, 0.15) is 10.4 Å². The molecular weight excluding hydrogens is 464 g/mol. The minimum absolute atomic E-state index is 0.0846. The number of ether oxygens (including phenoxy) is 2. The maximum atomic E-state index is 12.8. The van der Waals surface area contributed by atoms with Gasteiger partial charge in [-0.3, -0.25) is 10.1 Å². The van der Waals surface area contributed by atoms with Gasteiger partial charge in [-0.25, -0.2) is 8.42 Å². The quantitative estimate of drug-likeness (QED) is 0.425. The Labute approximate surface area is 199 Å². The minimum Gasteiger partial charge on any atom is -0.490 e. The Hall–Kier alpha value is -2.57. The average Bonchev–Trinajstić information content (AvgIpc) is 2.80. The van der Waals surface area contributed by atoms with Crippen molar-refractivity contribution in [2.75, 3.05) is 58.9 Å². The fraction of sp³-hybridized carbons (Fsp3) is 0.364. The zero-order valence-electron chi connectivity index (χ0n) is 18.6. The highest BCUT2D eigenvalue weighted by Crippen LogP contribution is 2.20. The number of likely N-dealkylation sites (N-methyl/N-ethyl adjacent to an activating group) is 1. The van der Waals surface area contributed by atoms with E-state index in [-0.39, 0.29) is 10.0 Å². The van der Waals surface area contributed by atoms with E-state index in [9.17, 15) is 13.2 Å². The molecule has 2 aromatic carbocycles. The lowest BCUT2D eigenvalue weighted by atomic mass is 10.2. The molecule has 1 aliphatic heterocycles. The fourth-order valence-corrected chi connectivity index (χ4v) is 4.87. The second-order valence-corrected chi connectivity index (χ2v) is 9.82. The molecule has 2 aromatic rings. The number of rotatable bonds is 8. The van der Waals surface area contributed by atoms with Gasteiger partial charge in [-0.15, -0.1) is 0 Å². The summed E-state index contributed by atoms with van der Waals surface area (Å²) < 4.78 is 37.7. The van der Waals surface area contributed by atoms with Crippen LogP contribution in [-0.4, -0.2) is 82.2 Å². The van der Waals surface area contributed by atoms with Gasteiger partial charge in [-0.1, -0.05) is 12.1 Å². The van der Waals surface area contributed by atoms with E-state index in [0.29, 0.717) is 56.4 Å². The summed E-state index contributed by atoms with van der Waals surface area (Å²) in [7, 11) is -0.00549. The molecule has 0 bridgehead atoms. The number of nitrogens with zero attached hydrogens (tertiary/aromatic N) is 2. The van der Waals surface area contributed by atoms with Crippen molar-refractivity contribution in [1.82, 2.24) is 14.5 Å². The Bertz CT molecular complexity index is 1070. The second kappa shape index (κ2) is 11.5. The van der Waals surface area contributed by atoms with Crippen LogP contribution in [0.3, 0.4) is 0 Å². The molecule has 0 radical (unpaired) electrons. The van der Waals surface area contributed by atoms with Gasteiger partial charge in [0.1, 0.15) is 12.4 Å². The number of amides is 1. The van der Waals surface area contributed by atoms with Crippen molar-refractivity contribution in [2.45, 2.75) is 4.90 Å². The van der Waals surface area contributed by atoms with Crippen molar-refractivity contribution >= 4 is 38.9 Å². The second-order valence-electron chi connectivity index (χ2n) is 7.48. The summed E-state index contributed by atoms with van der Waals surface area (Å²) in [5.41, 5.74) is 0.897. The molecule has 1 fully saturated rings. The Morgan fingerprint density at radius 3 is 2.36 bits per heavy atom. The number of anilines is 1. The number of hydrogen-bond acceptors (Lipinski definition) is 7. The Morgan fingerprint density at radius 2 is 1.70 bits per heavy atom. The zero-order valence-corrected chi connectivity index (χ0v) is 20.2. The highest BCUT2D eigenvalue weighted by atomic mass is 32.2. The monoisotopic (exact) mass is 492 g/mol. The molecule has 3 rings (SSSR count). The summed E-state index contributed by atoms with van der Waals surface area (Å²) in [5, 5.41) is 5.60. The van der Waals surface area contributed by atoms with Crippen molar-refractivity contribution < 1.29 is 22.7 Å². The summed E-state index contributed by atoms with van der Waals surface area (Å²) in [6.45, 7) is 3.04. The number of sulfonamides is 1. The van der Waals surface area contributed by atoms with Crippen molar-refractivity contribution in [1.29, 1.82) is 0 Å². The van der Waals surface area contributed by atoms with Gasteiger partial charge in [0.15, 0.2) is 5.11 Å². The third kappa shape index (κ3) is 6.71. The van der Waals surface area contributed by atoms with Gasteiger partial charge < -0.3 is 19.7 Å². The van der Waals surface area contributed by atoms with E-state index < -0.39 is 15.9 Å². The topological polar surface area (TPSA) is 100 Å². The van der Waals surface area contributed by atoms with Crippen LogP contribution in [-0.2, 0) is 14.8 Å². The van der Waals surface area contributed by atoms with Crippen LogP contribution in [0.15, 0.2) is 53.4 Å². The molecular formula is C22H28N4O5S2. The fourth-order valence-electron chi connectivity index (χ4n) is 3.24. The number of hydrogen-bond donors (Lipinski definition) is 2. The molecule has 0 atom stereocenters. The summed E-state index contributed by atoms with van der Waals surface area (Å²) >= 11 is 5.25. The number of carbonyl (C=O) groups is 1. The van der Waals surface area contributed by atoms with Crippen molar-refractivity contribution in [3.63, 3.8) is 0 Å². The number of piperazine rings is 1. The van der Waals surface area contributed by atoms with E-state index in [0.717, 1.165) is 0 Å². The molecule has 2 N–H and O–H groups in total. The number of nitrogens with one attached hydrogen (secondary N) is 2. The standard InChI is InChI=1S/C22H28N4O5S2/c1-25-11-13-26(14-12-25)33(28,29)18-9-7-17(8-10-18)23-22(32)24-21(27)19-5-3-4-6-20(19)31-16-15-30-2/h3-10H,11-16H2,1-2H3,(H2,23,24,27,32). The van der Waals surface area contributed by atoms with Crippen LogP contribution >= 0.6 is 12.2 Å². The number of methoxy groups -OCH3 is 1. The van der Waals surface area contributed by atoms with E-state index in [4.69, 9.17) is 21.7 Å². The van der Waals surface area contributed by atoms with Gasteiger partial charge in [0, 0.05) is 39.0 Å². The summed E-state index contributed by atoms with van der Waals surface area (Å²) in [6.07, 6.45) is 0. The van der Waals surface area contributed by atoms with Crippen molar-refractivity contribution in [2.24, 2.45) is 0 Å². The molecule has 178 valence electrons. The molecule has 0 saturated carbocycles. The van der Waals surface area contributed by atoms with Crippen LogP contribution in [0, 0.1) is 0 Å². The van der Waals surface area contributed by atoms with Gasteiger partial charge in [0.2, 0.25) is 10.0 Å². The Kier molecular flexibility index (Phi) is 8.75. The molecule has 0 spiro atoms. The summed E-state index contributed by atoms with van der Waals surface area (Å²) in [4.78, 5) is 15.0. The highest BCUT2D eigenvalue weighted by Gasteiger charge is 2.27. The van der Waals surface area contributed by atoms with E-state index in [1.54, 1.807) is 43.5 Å². The predicted octanol–water partition coefficient (Wildman–Crippen LogP) is 1.77. The smallest absolute Gasteiger partial charge is 0.261 e. The molecule has 0 aromatic heterocycles. The largest absolute Gasteiger partial charge is 0.490 e. The maximum absolute atomic E-state index is 12.8. The first-order valence-electron chi connectivity index (χ1n) is 10.4. The van der Waals surface area contributed by atoms with E-state index in [1.165, 1.54) is 16.4 Å². The molecule has 1 saturated heterocycles. The van der Waals surface area contributed by atoms with Crippen LogP contribution in [0.25, 0.3) is 0 Å². The van der Waals surface area contributed by atoms with E-state index in [1.807, 2.05) is 7.05 Å². The van der Waals surface area contributed by atoms with Gasteiger partial charge in [0.25, 0.3) is 5.91 Å². The molecule has 11 heteroatoms. The Balaban J connectivity index is 1.59. The van der Waals surface area contributed by atoms with Gasteiger partial charge in [-0.2, -0.15) is 4.31 Å². The minimum atomic E-state index is -3.55. The van der Waals surface area contributed by atoms with E-state index >= 15 is 0 Å². The van der Waals surface area contributed by atoms with Crippen LogP contribution in [0.4, 0.5) is 5.69 Å². The average molecular weight is 493 g/mol. The molecule has 1 aliphatic rings. The highest BCUT2D eigenvalue weighted by molar-refractivity contribution is 7.89. The lowest BCUT2D eigenvalue weighted by Gasteiger charge is -2.31. The summed E-state index contributed by atoms with van der Waals surface area (Å²) in [6, 6.07) is 13.1. The molecule has 0 unspecified atom stereocenters. The van der Waals surface area contributed by atoms with Crippen molar-refractivity contribution in [3.05, 3.63) is 54.1 Å². The summed E-state index contributed by atoms with van der Waals surface area (Å²) in [5.74, 6) is 0.00287. The molecule has 1 heterocycles. The molecule has 33 heavy (non-hydrogen) atoms. The van der Waals surface area contributed by atoms with Gasteiger partial charge in [-0.05, 0) is 55.7 Å². The van der Waals surface area contributed by atoms with Crippen molar-refractivity contribution in [3.8, 4) is 5.75 Å². The lowest BCUT2D eigenvalue weighted by Crippen LogP contribution is -2.46. The third-order valence-electron chi connectivity index (χ3n) is 5.12. The number of benzene rings is 2. The molecule has 9 nitrogen and oxygen atoms in total. The normalized spacial score (nSPS) is 15.1. The lowest BCUT2D eigenvalue weighted by molar-refractivity contribution is 0.0970.